The van der Waals surface area contributed by atoms with Crippen molar-refractivity contribution < 1.29 is 28.9 Å². The zero-order valence-electron chi connectivity index (χ0n) is 34.2. The normalized spacial score (nSPS) is 21.8. The summed E-state index contributed by atoms with van der Waals surface area (Å²) in [5.41, 5.74) is 4.85. The third-order valence-corrected chi connectivity index (χ3v) is 16.5. The van der Waals surface area contributed by atoms with Crippen LogP contribution in [0.1, 0.15) is 58.2 Å². The number of aryl methyl sites for hydroxylation is 1. The fourth-order valence-electron chi connectivity index (χ4n) is 9.15. The molecule has 57 heavy (non-hydrogen) atoms. The summed E-state index contributed by atoms with van der Waals surface area (Å²) in [7, 11) is -0.740. The van der Waals surface area contributed by atoms with Crippen molar-refractivity contribution in [1.29, 1.82) is 0 Å². The molecule has 11 nitrogen and oxygen atoms in total. The maximum atomic E-state index is 15.5. The average Bonchev–Trinajstić information content (AvgIpc) is 3.85. The third kappa shape index (κ3) is 7.58. The summed E-state index contributed by atoms with van der Waals surface area (Å²) in [5.74, 6) is 0.933. The van der Waals surface area contributed by atoms with E-state index in [1.807, 2.05) is 70.4 Å². The quantitative estimate of drug-likeness (QED) is 0.105. The highest BCUT2D eigenvalue weighted by molar-refractivity contribution is 6.91. The molecular formula is C45H55N5O6Si. The fraction of sp³-hybridized carbons (Fsp3) is 0.422. The third-order valence-electron chi connectivity index (χ3n) is 12.1. The molecule has 0 aliphatic carbocycles. The van der Waals surface area contributed by atoms with Crippen molar-refractivity contribution in [2.45, 2.75) is 90.3 Å². The van der Waals surface area contributed by atoms with Crippen molar-refractivity contribution in [1.82, 2.24) is 15.0 Å². The van der Waals surface area contributed by atoms with Crippen LogP contribution in [0.5, 0.6) is 11.5 Å². The lowest BCUT2D eigenvalue weighted by Crippen LogP contribution is -2.52. The van der Waals surface area contributed by atoms with Crippen LogP contribution in [0.2, 0.25) is 18.6 Å². The first-order chi connectivity index (χ1) is 27.4. The maximum Gasteiger partial charge on any atom is 0.269 e. The highest BCUT2D eigenvalue weighted by Crippen LogP contribution is 2.60. The Hall–Kier alpha value is -5.04. The van der Waals surface area contributed by atoms with E-state index in [1.54, 1.807) is 12.0 Å². The van der Waals surface area contributed by atoms with E-state index in [2.05, 4.69) is 75.4 Å². The summed E-state index contributed by atoms with van der Waals surface area (Å²) in [6.07, 6.45) is 8.86. The molecule has 4 aromatic rings. The van der Waals surface area contributed by atoms with Gasteiger partial charge < -0.3 is 24.2 Å². The van der Waals surface area contributed by atoms with Gasteiger partial charge in [-0.1, -0.05) is 78.0 Å². The summed E-state index contributed by atoms with van der Waals surface area (Å²) < 4.78 is 20.6. The van der Waals surface area contributed by atoms with Crippen LogP contribution in [0.25, 0.3) is 0 Å². The Balaban J connectivity index is 1.34. The van der Waals surface area contributed by atoms with Crippen LogP contribution in [0.4, 0.5) is 17.1 Å². The molecule has 0 unspecified atom stereocenters. The summed E-state index contributed by atoms with van der Waals surface area (Å²) in [6.45, 7) is 14.1. The van der Waals surface area contributed by atoms with Crippen LogP contribution in [0.15, 0.2) is 96.2 Å². The molecule has 3 aliphatic rings. The standard InChI is InChI=1S/C45H55N5O6Si/c1-30(2)11-10-12-31(3)21-25-49-38-20-15-34(50-39-13-8-9-14-40(39)55-29-42(50)52)27-37(38)45(44(49)53)32(4)43(57(6,7)36-18-16-35(54-5)17-19-36)41(56-45)22-24-48-28-33(23-26-51)46-47-48/h8-9,11,13-21,27-28,32,41,43,51H,10,12,22-26,29H2,1-7H3/b31-21+/t32-,41+,43-,45+/m0/s1. The largest absolute Gasteiger partial charge is 0.497 e. The van der Waals surface area contributed by atoms with E-state index in [1.165, 1.54) is 16.3 Å². The zero-order chi connectivity index (χ0) is 40.5. The highest BCUT2D eigenvalue weighted by atomic mass is 28.3. The molecule has 300 valence electrons. The number of benzene rings is 3. The SMILES string of the molecule is COc1ccc([Si](C)(C)[C@@H]2[C@@H](CCn3cc(CCO)nn3)O[C@]3(C(=O)N(C/C=C(\C)CCC=C(C)C)c4ccc(N5C(=O)COc6ccccc65)cc43)[C@H]2C)cc1. The van der Waals surface area contributed by atoms with Crippen LogP contribution in [-0.4, -0.2) is 73.0 Å². The molecule has 3 aromatic carbocycles. The first kappa shape index (κ1) is 40.2. The molecule has 12 heteroatoms. The predicted octanol–water partition coefficient (Wildman–Crippen LogP) is 7.22. The molecule has 1 spiro atoms. The highest BCUT2D eigenvalue weighted by Gasteiger charge is 2.66. The van der Waals surface area contributed by atoms with Crippen LogP contribution >= 0.6 is 0 Å². The smallest absolute Gasteiger partial charge is 0.269 e. The molecule has 0 saturated carbocycles. The van der Waals surface area contributed by atoms with Gasteiger partial charge in [0.1, 0.15) is 11.5 Å². The lowest BCUT2D eigenvalue weighted by Gasteiger charge is -2.37. The number of para-hydroxylation sites is 2. The molecular weight excluding hydrogens is 735 g/mol. The van der Waals surface area contributed by atoms with E-state index in [0.29, 0.717) is 43.1 Å². The number of aliphatic hydroxyl groups excluding tert-OH is 1. The molecule has 7 rings (SSSR count). The summed E-state index contributed by atoms with van der Waals surface area (Å²) in [4.78, 5) is 32.7. The predicted molar refractivity (Wildman–Crippen MR) is 225 cm³/mol. The van der Waals surface area contributed by atoms with Gasteiger partial charge in [0, 0.05) is 49.5 Å². The number of carbonyl (C=O) groups excluding carboxylic acids is 2. The number of methoxy groups -OCH3 is 1. The maximum absolute atomic E-state index is 15.5. The Morgan fingerprint density at radius 1 is 1.04 bits per heavy atom. The number of allylic oxidation sites excluding steroid dienone is 3. The van der Waals surface area contributed by atoms with Crippen molar-refractivity contribution in [3.8, 4) is 11.5 Å². The zero-order valence-corrected chi connectivity index (χ0v) is 35.2. The number of aromatic nitrogens is 3. The fourth-order valence-corrected chi connectivity index (χ4v) is 13.2. The lowest BCUT2D eigenvalue weighted by molar-refractivity contribution is -0.145. The molecule has 4 atom stereocenters. The summed E-state index contributed by atoms with van der Waals surface area (Å²) in [5, 5.41) is 19.4. The second kappa shape index (κ2) is 16.4. The number of nitrogens with zero attached hydrogens (tertiary/aromatic N) is 5. The van der Waals surface area contributed by atoms with Crippen molar-refractivity contribution in [2.24, 2.45) is 5.92 Å². The van der Waals surface area contributed by atoms with Gasteiger partial charge in [0.2, 0.25) is 0 Å². The van der Waals surface area contributed by atoms with Crippen LogP contribution in [0, 0.1) is 5.92 Å². The molecule has 0 radical (unpaired) electrons. The second-order valence-electron chi connectivity index (χ2n) is 16.4. The number of amides is 2. The van der Waals surface area contributed by atoms with Gasteiger partial charge in [-0.15, -0.1) is 5.10 Å². The van der Waals surface area contributed by atoms with E-state index >= 15 is 4.79 Å². The molecule has 1 aromatic heterocycles. The van der Waals surface area contributed by atoms with E-state index in [9.17, 15) is 9.90 Å². The van der Waals surface area contributed by atoms with Crippen LogP contribution < -0.4 is 24.5 Å². The topological polar surface area (TPSA) is 119 Å². The van der Waals surface area contributed by atoms with Gasteiger partial charge in [-0.05, 0) is 88.0 Å². The van der Waals surface area contributed by atoms with E-state index < -0.39 is 13.7 Å². The van der Waals surface area contributed by atoms with Gasteiger partial charge in [-0.3, -0.25) is 19.2 Å². The first-order valence-electron chi connectivity index (χ1n) is 20.0. The van der Waals surface area contributed by atoms with Crippen LogP contribution in [-0.2, 0) is 32.9 Å². The molecule has 1 saturated heterocycles. The van der Waals surface area contributed by atoms with Gasteiger partial charge in [0.15, 0.2) is 12.2 Å². The Labute approximate surface area is 336 Å². The molecule has 1 fully saturated rings. The number of aliphatic hydroxyl groups is 1. The summed E-state index contributed by atoms with van der Waals surface area (Å²) >= 11 is 0. The minimum Gasteiger partial charge on any atom is -0.497 e. The number of hydrogen-bond donors (Lipinski definition) is 1. The van der Waals surface area contributed by atoms with Crippen molar-refractivity contribution in [3.05, 3.63) is 107 Å². The van der Waals surface area contributed by atoms with Crippen molar-refractivity contribution >= 4 is 42.1 Å². The molecule has 1 N–H and O–H groups in total. The lowest BCUT2D eigenvalue weighted by atomic mass is 9.82. The Kier molecular flexibility index (Phi) is 11.6. The molecule has 0 bridgehead atoms. The van der Waals surface area contributed by atoms with Gasteiger partial charge in [-0.2, -0.15) is 0 Å². The van der Waals surface area contributed by atoms with Gasteiger partial charge in [0.25, 0.3) is 11.8 Å². The summed E-state index contributed by atoms with van der Waals surface area (Å²) in [6, 6.07) is 21.8. The minimum atomic E-state index is -2.41. The van der Waals surface area contributed by atoms with Crippen molar-refractivity contribution in [2.75, 3.05) is 36.7 Å². The Morgan fingerprint density at radius 2 is 1.81 bits per heavy atom. The van der Waals surface area contributed by atoms with E-state index in [0.717, 1.165) is 35.5 Å². The van der Waals surface area contributed by atoms with Crippen molar-refractivity contribution in [3.63, 3.8) is 0 Å². The van der Waals surface area contributed by atoms with Gasteiger partial charge >= 0.3 is 0 Å². The van der Waals surface area contributed by atoms with Gasteiger partial charge in [-0.25, -0.2) is 0 Å². The Bertz CT molecular complexity index is 2180. The van der Waals surface area contributed by atoms with Gasteiger partial charge in [0.05, 0.1) is 38.4 Å². The van der Waals surface area contributed by atoms with Crippen LogP contribution in [0.3, 0.4) is 0 Å². The number of carbonyl (C=O) groups is 2. The number of anilines is 3. The number of hydrogen-bond acceptors (Lipinski definition) is 8. The second-order valence-corrected chi connectivity index (χ2v) is 21.1. The van der Waals surface area contributed by atoms with E-state index in [-0.39, 0.29) is 42.6 Å². The Morgan fingerprint density at radius 3 is 2.54 bits per heavy atom. The minimum absolute atomic E-state index is 0.00000450. The first-order valence-corrected chi connectivity index (χ1v) is 23.1. The van der Waals surface area contributed by atoms with E-state index in [4.69, 9.17) is 14.2 Å². The molecule has 3 aliphatic heterocycles. The number of ether oxygens (including phenoxy) is 3. The molecule has 2 amide bonds. The monoisotopic (exact) mass is 789 g/mol. The molecule has 4 heterocycles. The average molecular weight is 790 g/mol. The number of rotatable bonds is 14. The number of fused-ring (bicyclic) bond motifs is 3.